The molecule has 0 fully saturated rings. The lowest BCUT2D eigenvalue weighted by molar-refractivity contribution is 0.0951. The van der Waals surface area contributed by atoms with Gasteiger partial charge in [0.25, 0.3) is 5.91 Å². The van der Waals surface area contributed by atoms with Gasteiger partial charge >= 0.3 is 0 Å². The number of hydrogen-bond donors (Lipinski definition) is 1. The topological polar surface area (TPSA) is 69.0 Å². The first kappa shape index (κ1) is 14.5. The van der Waals surface area contributed by atoms with Crippen LogP contribution in [0, 0.1) is 0 Å². The van der Waals surface area contributed by atoms with E-state index in [-0.39, 0.29) is 5.91 Å². The van der Waals surface area contributed by atoms with Crippen LogP contribution in [-0.2, 0) is 13.5 Å². The largest absolute Gasteiger partial charge is 0.496 e. The number of aromatic nitrogens is 3. The van der Waals surface area contributed by atoms with Gasteiger partial charge in [0.05, 0.1) is 12.7 Å². The average Bonchev–Trinajstić information content (AvgIpc) is 2.84. The average molecular weight is 339 g/mol. The van der Waals surface area contributed by atoms with Crippen molar-refractivity contribution >= 4 is 21.8 Å². The smallest absolute Gasteiger partial charge is 0.255 e. The number of benzene rings is 1. The Morgan fingerprint density at radius 2 is 2.30 bits per heavy atom. The fourth-order valence-electron chi connectivity index (χ4n) is 1.77. The molecule has 1 aromatic heterocycles. The highest BCUT2D eigenvalue weighted by atomic mass is 79.9. The van der Waals surface area contributed by atoms with Gasteiger partial charge in [-0.3, -0.25) is 4.79 Å². The number of aryl methyl sites for hydroxylation is 1. The van der Waals surface area contributed by atoms with E-state index < -0.39 is 0 Å². The maximum atomic E-state index is 12.1. The molecule has 2 rings (SSSR count). The predicted octanol–water partition coefficient (Wildman–Crippen LogP) is 1.56. The SMILES string of the molecule is COc1cc(Br)ccc1C(=O)NCCc1nncn1C. The zero-order chi connectivity index (χ0) is 14.5. The molecule has 106 valence electrons. The number of nitrogens with one attached hydrogen (secondary N) is 1. The van der Waals surface area contributed by atoms with Crippen LogP contribution in [0.15, 0.2) is 29.0 Å². The van der Waals surface area contributed by atoms with E-state index in [0.717, 1.165) is 10.3 Å². The van der Waals surface area contributed by atoms with E-state index in [1.54, 1.807) is 24.5 Å². The maximum absolute atomic E-state index is 12.1. The van der Waals surface area contributed by atoms with Gasteiger partial charge in [-0.1, -0.05) is 15.9 Å². The molecule has 20 heavy (non-hydrogen) atoms. The summed E-state index contributed by atoms with van der Waals surface area (Å²) in [6.45, 7) is 0.491. The Hall–Kier alpha value is -1.89. The second kappa shape index (κ2) is 6.51. The van der Waals surface area contributed by atoms with Crippen LogP contribution in [0.3, 0.4) is 0 Å². The highest BCUT2D eigenvalue weighted by Gasteiger charge is 2.12. The highest BCUT2D eigenvalue weighted by molar-refractivity contribution is 9.10. The minimum absolute atomic E-state index is 0.170. The predicted molar refractivity (Wildman–Crippen MR) is 77.7 cm³/mol. The van der Waals surface area contributed by atoms with Crippen molar-refractivity contribution in [2.45, 2.75) is 6.42 Å². The maximum Gasteiger partial charge on any atom is 0.255 e. The molecule has 0 aliphatic carbocycles. The summed E-state index contributed by atoms with van der Waals surface area (Å²) in [5, 5.41) is 10.6. The summed E-state index contributed by atoms with van der Waals surface area (Å²) in [6, 6.07) is 5.29. The lowest BCUT2D eigenvalue weighted by atomic mass is 10.2. The molecular weight excluding hydrogens is 324 g/mol. The van der Waals surface area contributed by atoms with Crippen molar-refractivity contribution in [2.24, 2.45) is 7.05 Å². The van der Waals surface area contributed by atoms with Gasteiger partial charge in [-0.2, -0.15) is 0 Å². The third kappa shape index (κ3) is 3.36. The number of ether oxygens (including phenoxy) is 1. The Morgan fingerprint density at radius 1 is 1.50 bits per heavy atom. The number of halogens is 1. The molecule has 0 aliphatic heterocycles. The monoisotopic (exact) mass is 338 g/mol. The Bertz CT molecular complexity index is 612. The number of rotatable bonds is 5. The zero-order valence-corrected chi connectivity index (χ0v) is 12.8. The fraction of sp³-hybridized carbons (Fsp3) is 0.308. The van der Waals surface area contributed by atoms with Crippen LogP contribution in [0.5, 0.6) is 5.75 Å². The fourth-order valence-corrected chi connectivity index (χ4v) is 2.11. The minimum Gasteiger partial charge on any atom is -0.496 e. The summed E-state index contributed by atoms with van der Waals surface area (Å²) < 4.78 is 7.89. The molecule has 0 radical (unpaired) electrons. The third-order valence-corrected chi connectivity index (χ3v) is 3.34. The number of nitrogens with zero attached hydrogens (tertiary/aromatic N) is 3. The molecule has 0 spiro atoms. The van der Waals surface area contributed by atoms with Crippen LogP contribution < -0.4 is 10.1 Å². The van der Waals surface area contributed by atoms with Gasteiger partial charge < -0.3 is 14.6 Å². The summed E-state index contributed by atoms with van der Waals surface area (Å²) in [5.41, 5.74) is 0.508. The van der Waals surface area contributed by atoms with Gasteiger partial charge in [0.15, 0.2) is 0 Å². The van der Waals surface area contributed by atoms with Crippen molar-refractivity contribution in [3.05, 3.63) is 40.4 Å². The summed E-state index contributed by atoms with van der Waals surface area (Å²) >= 11 is 3.34. The molecule has 1 N–H and O–H groups in total. The molecule has 1 amide bonds. The van der Waals surface area contributed by atoms with Crippen molar-refractivity contribution in [3.8, 4) is 5.75 Å². The molecule has 2 aromatic rings. The molecule has 0 saturated carbocycles. The van der Waals surface area contributed by atoms with Crippen LogP contribution in [-0.4, -0.2) is 34.3 Å². The van der Waals surface area contributed by atoms with E-state index >= 15 is 0 Å². The van der Waals surface area contributed by atoms with Gasteiger partial charge in [-0.05, 0) is 18.2 Å². The van der Waals surface area contributed by atoms with E-state index in [9.17, 15) is 4.79 Å². The molecule has 0 aliphatic rings. The second-order valence-electron chi connectivity index (χ2n) is 4.21. The van der Waals surface area contributed by atoms with Crippen LogP contribution in [0.4, 0.5) is 0 Å². The Morgan fingerprint density at radius 3 is 2.95 bits per heavy atom. The summed E-state index contributed by atoms with van der Waals surface area (Å²) in [5.74, 6) is 1.19. The molecular formula is C13H15BrN4O2. The van der Waals surface area contributed by atoms with Gasteiger partial charge in [0, 0.05) is 24.5 Å². The van der Waals surface area contributed by atoms with Crippen molar-refractivity contribution < 1.29 is 9.53 Å². The Labute approximate surface area is 125 Å². The summed E-state index contributed by atoms with van der Waals surface area (Å²) in [4.78, 5) is 12.1. The number of hydrogen-bond acceptors (Lipinski definition) is 4. The van der Waals surface area contributed by atoms with Crippen molar-refractivity contribution in [2.75, 3.05) is 13.7 Å². The number of carbonyl (C=O) groups excluding carboxylic acids is 1. The van der Waals surface area contributed by atoms with Crippen molar-refractivity contribution in [3.63, 3.8) is 0 Å². The molecule has 0 bridgehead atoms. The summed E-state index contributed by atoms with van der Waals surface area (Å²) in [6.07, 6.45) is 2.26. The van der Waals surface area contributed by atoms with E-state index in [2.05, 4.69) is 31.4 Å². The van der Waals surface area contributed by atoms with Crippen LogP contribution in [0.25, 0.3) is 0 Å². The third-order valence-electron chi connectivity index (χ3n) is 2.85. The first-order chi connectivity index (χ1) is 9.61. The van der Waals surface area contributed by atoms with E-state index in [4.69, 9.17) is 4.74 Å². The standard InChI is InChI=1S/C13H15BrN4O2/c1-18-8-16-17-12(18)5-6-15-13(19)10-4-3-9(14)7-11(10)20-2/h3-4,7-8H,5-6H2,1-2H3,(H,15,19). The van der Waals surface area contributed by atoms with Crippen molar-refractivity contribution in [1.82, 2.24) is 20.1 Å². The Kier molecular flexibility index (Phi) is 4.73. The lowest BCUT2D eigenvalue weighted by Gasteiger charge is -2.09. The molecule has 0 atom stereocenters. The molecule has 7 heteroatoms. The summed E-state index contributed by atoms with van der Waals surface area (Å²) in [7, 11) is 3.41. The number of amides is 1. The number of carbonyl (C=O) groups is 1. The first-order valence-electron chi connectivity index (χ1n) is 6.06. The van der Waals surface area contributed by atoms with Gasteiger partial charge in [-0.15, -0.1) is 10.2 Å². The van der Waals surface area contributed by atoms with Gasteiger partial charge in [0.1, 0.15) is 17.9 Å². The van der Waals surface area contributed by atoms with Crippen molar-refractivity contribution in [1.29, 1.82) is 0 Å². The quantitative estimate of drug-likeness (QED) is 0.898. The van der Waals surface area contributed by atoms with Gasteiger partial charge in [-0.25, -0.2) is 0 Å². The van der Waals surface area contributed by atoms with Gasteiger partial charge in [0.2, 0.25) is 0 Å². The van der Waals surface area contributed by atoms with Crippen LogP contribution >= 0.6 is 15.9 Å². The van der Waals surface area contributed by atoms with E-state index in [0.29, 0.717) is 24.3 Å². The number of methoxy groups -OCH3 is 1. The van der Waals surface area contributed by atoms with E-state index in [1.165, 1.54) is 7.11 Å². The van der Waals surface area contributed by atoms with Crippen LogP contribution in [0.1, 0.15) is 16.2 Å². The molecule has 1 heterocycles. The molecule has 0 saturated heterocycles. The normalized spacial score (nSPS) is 10.3. The second-order valence-corrected chi connectivity index (χ2v) is 5.12. The minimum atomic E-state index is -0.170. The van der Waals surface area contributed by atoms with Crippen LogP contribution in [0.2, 0.25) is 0 Å². The zero-order valence-electron chi connectivity index (χ0n) is 11.3. The molecule has 1 aromatic carbocycles. The molecule has 6 nitrogen and oxygen atoms in total. The molecule has 0 unspecified atom stereocenters. The highest BCUT2D eigenvalue weighted by Crippen LogP contribution is 2.23. The Balaban J connectivity index is 1.97. The lowest BCUT2D eigenvalue weighted by Crippen LogP contribution is -2.26. The van der Waals surface area contributed by atoms with E-state index in [1.807, 2.05) is 11.6 Å². The first-order valence-corrected chi connectivity index (χ1v) is 6.85.